The summed E-state index contributed by atoms with van der Waals surface area (Å²) in [7, 11) is 1.48. The van der Waals surface area contributed by atoms with E-state index in [9.17, 15) is 9.18 Å². The molecule has 1 amide bonds. The van der Waals surface area contributed by atoms with E-state index in [0.29, 0.717) is 18.7 Å². The molecule has 1 rings (SSSR count). The van der Waals surface area contributed by atoms with Crippen molar-refractivity contribution >= 4 is 24.0 Å². The molecule has 0 aromatic heterocycles. The van der Waals surface area contributed by atoms with Gasteiger partial charge in [-0.25, -0.2) is 4.39 Å². The van der Waals surface area contributed by atoms with Crippen LogP contribution < -0.4 is 15.8 Å². The van der Waals surface area contributed by atoms with E-state index >= 15 is 0 Å². The molecule has 1 aromatic rings. The highest BCUT2D eigenvalue weighted by molar-refractivity contribution is 5.91. The highest BCUT2D eigenvalue weighted by Crippen LogP contribution is 2.21. The van der Waals surface area contributed by atoms with E-state index < -0.39 is 5.82 Å². The first-order valence-corrected chi connectivity index (χ1v) is 5.01. The molecule has 4 nitrogen and oxygen atoms in total. The number of ether oxygens (including phenoxy) is 1. The average Bonchev–Trinajstić information content (AvgIpc) is 2.29. The van der Waals surface area contributed by atoms with Crippen molar-refractivity contribution in [2.75, 3.05) is 19.0 Å². The van der Waals surface area contributed by atoms with Gasteiger partial charge >= 0.3 is 0 Å². The van der Waals surface area contributed by atoms with Crippen molar-refractivity contribution in [3.8, 4) is 5.75 Å². The van der Waals surface area contributed by atoms with Crippen molar-refractivity contribution in [3.63, 3.8) is 0 Å². The monoisotopic (exact) mass is 262 g/mol. The van der Waals surface area contributed by atoms with Crippen LogP contribution in [0, 0.1) is 5.82 Å². The molecular weight excluding hydrogens is 247 g/mol. The largest absolute Gasteiger partial charge is 0.497 e. The van der Waals surface area contributed by atoms with Crippen LogP contribution in [-0.4, -0.2) is 19.6 Å². The number of anilines is 1. The smallest absolute Gasteiger partial charge is 0.224 e. The summed E-state index contributed by atoms with van der Waals surface area (Å²) < 4.78 is 18.2. The predicted molar refractivity (Wildman–Crippen MR) is 67.1 cm³/mol. The van der Waals surface area contributed by atoms with E-state index in [2.05, 4.69) is 5.32 Å². The number of halogens is 2. The average molecular weight is 263 g/mol. The second-order valence-corrected chi connectivity index (χ2v) is 3.29. The molecule has 0 bridgehead atoms. The van der Waals surface area contributed by atoms with Crippen LogP contribution in [0.1, 0.15) is 12.8 Å². The lowest BCUT2D eigenvalue weighted by Gasteiger charge is -2.07. The Hall–Kier alpha value is -1.33. The van der Waals surface area contributed by atoms with Crippen LogP contribution in [0.15, 0.2) is 18.2 Å². The molecular formula is C11H16ClFN2O2. The first-order valence-electron chi connectivity index (χ1n) is 5.01. The van der Waals surface area contributed by atoms with Gasteiger partial charge in [-0.2, -0.15) is 0 Å². The van der Waals surface area contributed by atoms with E-state index in [0.717, 1.165) is 0 Å². The zero-order valence-corrected chi connectivity index (χ0v) is 10.3. The predicted octanol–water partition coefficient (Wildman–Crippen LogP) is 1.93. The first kappa shape index (κ1) is 15.7. The highest BCUT2D eigenvalue weighted by atomic mass is 35.5. The third-order valence-electron chi connectivity index (χ3n) is 2.06. The van der Waals surface area contributed by atoms with Crippen LogP contribution in [0.4, 0.5) is 10.1 Å². The molecule has 0 heterocycles. The molecule has 0 fully saturated rings. The number of carbonyl (C=O) groups excluding carboxylic acids is 1. The van der Waals surface area contributed by atoms with Crippen LogP contribution in [0.2, 0.25) is 0 Å². The van der Waals surface area contributed by atoms with Crippen molar-refractivity contribution in [2.45, 2.75) is 12.8 Å². The summed E-state index contributed by atoms with van der Waals surface area (Å²) >= 11 is 0. The molecule has 0 aliphatic carbocycles. The number of nitrogens with two attached hydrogens (primary N) is 1. The van der Waals surface area contributed by atoms with E-state index in [-0.39, 0.29) is 30.4 Å². The normalized spacial score (nSPS) is 9.35. The molecule has 0 radical (unpaired) electrons. The number of nitrogens with one attached hydrogen (secondary N) is 1. The summed E-state index contributed by atoms with van der Waals surface area (Å²) in [5.41, 5.74) is 5.40. The third-order valence-corrected chi connectivity index (χ3v) is 2.06. The van der Waals surface area contributed by atoms with Gasteiger partial charge in [-0.05, 0) is 25.1 Å². The summed E-state index contributed by atoms with van der Waals surface area (Å²) in [5, 5.41) is 2.47. The maximum absolute atomic E-state index is 13.3. The molecule has 17 heavy (non-hydrogen) atoms. The maximum Gasteiger partial charge on any atom is 0.224 e. The SMILES string of the molecule is COc1ccc(F)c(NC(=O)CCCN)c1.Cl. The minimum Gasteiger partial charge on any atom is -0.497 e. The number of amides is 1. The Morgan fingerprint density at radius 2 is 2.24 bits per heavy atom. The van der Waals surface area contributed by atoms with Gasteiger partial charge in [0.1, 0.15) is 11.6 Å². The lowest BCUT2D eigenvalue weighted by Crippen LogP contribution is -2.14. The third kappa shape index (κ3) is 5.01. The fourth-order valence-electron chi connectivity index (χ4n) is 1.20. The summed E-state index contributed by atoms with van der Waals surface area (Å²) in [6, 6.07) is 4.18. The Balaban J connectivity index is 0.00000256. The standard InChI is InChI=1S/C11H15FN2O2.ClH/c1-16-8-4-5-9(12)10(7-8)14-11(15)3-2-6-13;/h4-5,7H,2-3,6,13H2,1H3,(H,14,15);1H. The van der Waals surface area contributed by atoms with Gasteiger partial charge in [0.05, 0.1) is 12.8 Å². The van der Waals surface area contributed by atoms with Crippen molar-refractivity contribution in [3.05, 3.63) is 24.0 Å². The Morgan fingerprint density at radius 3 is 2.82 bits per heavy atom. The summed E-state index contributed by atoms with van der Waals surface area (Å²) in [4.78, 5) is 11.3. The van der Waals surface area contributed by atoms with Gasteiger partial charge < -0.3 is 15.8 Å². The molecule has 0 saturated heterocycles. The van der Waals surface area contributed by atoms with Crippen LogP contribution in [0.25, 0.3) is 0 Å². The molecule has 0 saturated carbocycles. The fourth-order valence-corrected chi connectivity index (χ4v) is 1.20. The van der Waals surface area contributed by atoms with Crippen LogP contribution in [0.3, 0.4) is 0 Å². The topological polar surface area (TPSA) is 64.3 Å². The molecule has 0 spiro atoms. The molecule has 6 heteroatoms. The summed E-state index contributed by atoms with van der Waals surface area (Å²) in [5.74, 6) is -0.241. The molecule has 1 aromatic carbocycles. The van der Waals surface area contributed by atoms with Gasteiger partial charge in [0.2, 0.25) is 5.91 Å². The number of hydrogen-bond acceptors (Lipinski definition) is 3. The molecule has 0 atom stereocenters. The number of hydrogen-bond donors (Lipinski definition) is 2. The zero-order chi connectivity index (χ0) is 12.0. The van der Waals surface area contributed by atoms with Gasteiger partial charge in [-0.15, -0.1) is 12.4 Å². The Labute approximate surface area is 106 Å². The Kier molecular flexibility index (Phi) is 7.25. The second kappa shape index (κ2) is 7.86. The van der Waals surface area contributed by atoms with Gasteiger partial charge in [-0.3, -0.25) is 4.79 Å². The highest BCUT2D eigenvalue weighted by Gasteiger charge is 2.07. The van der Waals surface area contributed by atoms with E-state index in [1.807, 2.05) is 0 Å². The maximum atomic E-state index is 13.3. The molecule has 3 N–H and O–H groups in total. The first-order chi connectivity index (χ1) is 7.67. The van der Waals surface area contributed by atoms with Gasteiger partial charge in [0, 0.05) is 12.5 Å². The Morgan fingerprint density at radius 1 is 1.53 bits per heavy atom. The molecule has 96 valence electrons. The number of carbonyl (C=O) groups is 1. The fraction of sp³-hybridized carbons (Fsp3) is 0.364. The zero-order valence-electron chi connectivity index (χ0n) is 9.53. The van der Waals surface area contributed by atoms with E-state index in [4.69, 9.17) is 10.5 Å². The number of benzene rings is 1. The lowest BCUT2D eigenvalue weighted by atomic mass is 10.2. The van der Waals surface area contributed by atoms with E-state index in [1.54, 1.807) is 0 Å². The van der Waals surface area contributed by atoms with Crippen LogP contribution >= 0.6 is 12.4 Å². The van der Waals surface area contributed by atoms with Gasteiger partial charge in [-0.1, -0.05) is 0 Å². The molecule has 0 unspecified atom stereocenters. The Bertz CT molecular complexity index is 374. The van der Waals surface area contributed by atoms with E-state index in [1.165, 1.54) is 25.3 Å². The van der Waals surface area contributed by atoms with Crippen LogP contribution in [-0.2, 0) is 4.79 Å². The summed E-state index contributed by atoms with van der Waals surface area (Å²) in [6.07, 6.45) is 0.866. The number of methoxy groups -OCH3 is 1. The minimum atomic E-state index is -0.484. The molecule has 0 aliphatic rings. The minimum absolute atomic E-state index is 0. The van der Waals surface area contributed by atoms with Gasteiger partial charge in [0.25, 0.3) is 0 Å². The second-order valence-electron chi connectivity index (χ2n) is 3.29. The number of rotatable bonds is 5. The summed E-state index contributed by atoms with van der Waals surface area (Å²) in [6.45, 7) is 0.439. The van der Waals surface area contributed by atoms with Crippen molar-refractivity contribution in [1.29, 1.82) is 0 Å². The van der Waals surface area contributed by atoms with Crippen molar-refractivity contribution in [1.82, 2.24) is 0 Å². The van der Waals surface area contributed by atoms with Gasteiger partial charge in [0.15, 0.2) is 0 Å². The molecule has 0 aliphatic heterocycles. The van der Waals surface area contributed by atoms with Crippen molar-refractivity contribution in [2.24, 2.45) is 5.73 Å². The lowest BCUT2D eigenvalue weighted by molar-refractivity contribution is -0.116. The quantitative estimate of drug-likeness (QED) is 0.852. The van der Waals surface area contributed by atoms with Crippen molar-refractivity contribution < 1.29 is 13.9 Å². The van der Waals surface area contributed by atoms with Crippen LogP contribution in [0.5, 0.6) is 5.75 Å².